The lowest BCUT2D eigenvalue weighted by atomic mass is 9.72. The van der Waals surface area contributed by atoms with Crippen LogP contribution in [0.2, 0.25) is 0 Å². The number of piperidine rings is 2. The summed E-state index contributed by atoms with van der Waals surface area (Å²) in [4.78, 5) is 2.35. The molecule has 0 bridgehead atoms. The Balaban J connectivity index is 1.44. The van der Waals surface area contributed by atoms with Gasteiger partial charge in [0.15, 0.2) is 0 Å². The van der Waals surface area contributed by atoms with Gasteiger partial charge >= 0.3 is 6.18 Å². The summed E-state index contributed by atoms with van der Waals surface area (Å²) in [6, 6.07) is 12.4. The molecule has 0 radical (unpaired) electrons. The highest BCUT2D eigenvalue weighted by Gasteiger charge is 2.42. The Morgan fingerprint density at radius 3 is 2.67 bits per heavy atom. The topological polar surface area (TPSA) is 44.7 Å². The minimum atomic E-state index is -4.40. The van der Waals surface area contributed by atoms with Crippen LogP contribution in [0.25, 0.3) is 0 Å². The van der Waals surface area contributed by atoms with Gasteiger partial charge < -0.3 is 15.2 Å². The Morgan fingerprint density at radius 2 is 1.90 bits per heavy atom. The molecule has 4 nitrogen and oxygen atoms in total. The van der Waals surface area contributed by atoms with Gasteiger partial charge in [-0.1, -0.05) is 18.2 Å². The number of hydrogen-bond acceptors (Lipinski definition) is 4. The minimum absolute atomic E-state index is 0.0946. The minimum Gasteiger partial charge on any atom is -0.457 e. The molecule has 30 heavy (non-hydrogen) atoms. The second-order valence-corrected chi connectivity index (χ2v) is 8.43. The lowest BCUT2D eigenvalue weighted by molar-refractivity contribution is -0.137. The third-order valence-corrected chi connectivity index (χ3v) is 6.17. The number of aliphatic hydroxyl groups is 1. The van der Waals surface area contributed by atoms with Crippen molar-refractivity contribution in [1.82, 2.24) is 10.2 Å². The molecule has 2 saturated heterocycles. The van der Waals surface area contributed by atoms with Crippen LogP contribution in [-0.4, -0.2) is 42.3 Å². The van der Waals surface area contributed by atoms with Crippen molar-refractivity contribution < 1.29 is 23.0 Å². The third-order valence-electron chi connectivity index (χ3n) is 6.17. The highest BCUT2D eigenvalue weighted by Crippen LogP contribution is 2.37. The molecule has 0 saturated carbocycles. The molecule has 2 aliphatic rings. The molecule has 2 atom stereocenters. The number of hydrogen-bond donors (Lipinski definition) is 2. The van der Waals surface area contributed by atoms with E-state index in [2.05, 4.69) is 10.2 Å². The zero-order valence-electron chi connectivity index (χ0n) is 16.8. The standard InChI is InChI=1S/C23H27F3N2O2/c24-23(25,26)18-5-2-7-20(13-18)30-19-6-1-4-17(12-19)14-28-11-3-9-22(16-28)15-27-10-8-21(22)29/h1-2,4-7,12-13,21,27,29H,3,8-11,14-16H2/t21-,22-/m0/s1. The molecule has 2 aromatic carbocycles. The van der Waals surface area contributed by atoms with Crippen LogP contribution < -0.4 is 10.1 Å². The van der Waals surface area contributed by atoms with Crippen molar-refractivity contribution in [3.8, 4) is 11.5 Å². The van der Waals surface area contributed by atoms with E-state index in [1.807, 2.05) is 18.2 Å². The maximum Gasteiger partial charge on any atom is 0.416 e. The smallest absolute Gasteiger partial charge is 0.416 e. The van der Waals surface area contributed by atoms with Gasteiger partial charge in [0.1, 0.15) is 11.5 Å². The quantitative estimate of drug-likeness (QED) is 0.768. The zero-order chi connectivity index (χ0) is 21.2. The third kappa shape index (κ3) is 4.79. The lowest BCUT2D eigenvalue weighted by Crippen LogP contribution is -2.57. The molecule has 0 unspecified atom stereocenters. The Morgan fingerprint density at radius 1 is 1.13 bits per heavy atom. The predicted octanol–water partition coefficient (Wildman–Crippen LogP) is 4.43. The van der Waals surface area contributed by atoms with Gasteiger partial charge in [-0.25, -0.2) is 0 Å². The van der Waals surface area contributed by atoms with Crippen LogP contribution in [0.4, 0.5) is 13.2 Å². The fourth-order valence-corrected chi connectivity index (χ4v) is 4.65. The molecule has 0 amide bonds. The molecular formula is C23H27F3N2O2. The molecule has 2 N–H and O–H groups in total. The van der Waals surface area contributed by atoms with Crippen molar-refractivity contribution in [3.63, 3.8) is 0 Å². The summed E-state index contributed by atoms with van der Waals surface area (Å²) in [5, 5.41) is 14.0. The van der Waals surface area contributed by atoms with Gasteiger partial charge in [-0.05, 0) is 68.2 Å². The van der Waals surface area contributed by atoms with E-state index < -0.39 is 11.7 Å². The fraction of sp³-hybridized carbons (Fsp3) is 0.478. The number of rotatable bonds is 4. The number of nitrogens with zero attached hydrogens (tertiary/aromatic N) is 1. The largest absolute Gasteiger partial charge is 0.457 e. The average Bonchev–Trinajstić information content (AvgIpc) is 2.71. The number of nitrogens with one attached hydrogen (secondary N) is 1. The number of halogens is 3. The number of alkyl halides is 3. The molecule has 2 aliphatic heterocycles. The van der Waals surface area contributed by atoms with Crippen molar-refractivity contribution in [3.05, 3.63) is 59.7 Å². The van der Waals surface area contributed by atoms with Gasteiger partial charge in [0, 0.05) is 25.0 Å². The van der Waals surface area contributed by atoms with E-state index in [4.69, 9.17) is 4.74 Å². The summed E-state index contributed by atoms with van der Waals surface area (Å²) >= 11 is 0. The average molecular weight is 420 g/mol. The van der Waals surface area contributed by atoms with Crippen LogP contribution >= 0.6 is 0 Å². The summed E-state index contributed by atoms with van der Waals surface area (Å²) in [5.74, 6) is 0.674. The van der Waals surface area contributed by atoms with Gasteiger partial charge in [0.25, 0.3) is 0 Å². The molecule has 7 heteroatoms. The number of aliphatic hydroxyl groups excluding tert-OH is 1. The summed E-state index contributed by atoms with van der Waals surface area (Å²) < 4.78 is 44.5. The number of likely N-dealkylation sites (tertiary alicyclic amines) is 1. The van der Waals surface area contributed by atoms with Crippen molar-refractivity contribution >= 4 is 0 Å². The normalized spacial score (nSPS) is 25.4. The summed E-state index contributed by atoms with van der Waals surface area (Å²) in [6.07, 6.45) is -1.83. The predicted molar refractivity (Wildman–Crippen MR) is 108 cm³/mol. The fourth-order valence-electron chi connectivity index (χ4n) is 4.65. The molecule has 0 aromatic heterocycles. The Kier molecular flexibility index (Phi) is 6.04. The monoisotopic (exact) mass is 420 g/mol. The Labute approximate surface area is 174 Å². The maximum atomic E-state index is 12.9. The first-order chi connectivity index (χ1) is 14.3. The lowest BCUT2D eigenvalue weighted by Gasteiger charge is -2.48. The van der Waals surface area contributed by atoms with Crippen LogP contribution in [0.3, 0.4) is 0 Å². The SMILES string of the molecule is O[C@H]1CCNC[C@]12CCCN(Cc1cccc(Oc3cccc(C(F)(F)F)c3)c1)C2. The Hall–Kier alpha value is -2.09. The maximum absolute atomic E-state index is 12.9. The van der Waals surface area contributed by atoms with Crippen molar-refractivity contribution in [1.29, 1.82) is 0 Å². The molecule has 2 heterocycles. The van der Waals surface area contributed by atoms with Gasteiger partial charge in [-0.3, -0.25) is 4.90 Å². The summed E-state index contributed by atoms with van der Waals surface area (Å²) in [7, 11) is 0. The van der Waals surface area contributed by atoms with Crippen LogP contribution in [0.15, 0.2) is 48.5 Å². The van der Waals surface area contributed by atoms with Crippen LogP contribution in [0, 0.1) is 5.41 Å². The van der Waals surface area contributed by atoms with Gasteiger partial charge in [0.2, 0.25) is 0 Å². The summed E-state index contributed by atoms with van der Waals surface area (Å²) in [6.45, 7) is 4.21. The van der Waals surface area contributed by atoms with E-state index in [9.17, 15) is 18.3 Å². The second kappa shape index (κ2) is 8.57. The van der Waals surface area contributed by atoms with Crippen molar-refractivity contribution in [2.75, 3.05) is 26.2 Å². The van der Waals surface area contributed by atoms with E-state index in [0.29, 0.717) is 12.3 Å². The van der Waals surface area contributed by atoms with Crippen LogP contribution in [0.5, 0.6) is 11.5 Å². The molecular weight excluding hydrogens is 393 g/mol. The summed E-state index contributed by atoms with van der Waals surface area (Å²) in [5.41, 5.74) is 0.215. The number of ether oxygens (including phenoxy) is 1. The molecule has 0 aliphatic carbocycles. The van der Waals surface area contributed by atoms with Crippen molar-refractivity contribution in [2.45, 2.75) is 38.1 Å². The van der Waals surface area contributed by atoms with E-state index in [1.54, 1.807) is 6.07 Å². The highest BCUT2D eigenvalue weighted by atomic mass is 19.4. The molecule has 2 fully saturated rings. The second-order valence-electron chi connectivity index (χ2n) is 8.43. The van der Waals surface area contributed by atoms with Gasteiger partial charge in [-0.15, -0.1) is 0 Å². The first-order valence-corrected chi connectivity index (χ1v) is 10.4. The van der Waals surface area contributed by atoms with Crippen molar-refractivity contribution in [2.24, 2.45) is 5.41 Å². The molecule has 2 aromatic rings. The molecule has 4 rings (SSSR count). The van der Waals surface area contributed by atoms with E-state index in [1.165, 1.54) is 12.1 Å². The van der Waals surface area contributed by atoms with Gasteiger partial charge in [0.05, 0.1) is 11.7 Å². The molecule has 1 spiro atoms. The first kappa shape index (κ1) is 21.2. The molecule has 162 valence electrons. The zero-order valence-corrected chi connectivity index (χ0v) is 16.8. The van der Waals surface area contributed by atoms with E-state index in [-0.39, 0.29) is 17.3 Å². The highest BCUT2D eigenvalue weighted by molar-refractivity contribution is 5.36. The van der Waals surface area contributed by atoms with Crippen LogP contribution in [-0.2, 0) is 12.7 Å². The van der Waals surface area contributed by atoms with E-state index >= 15 is 0 Å². The van der Waals surface area contributed by atoms with Gasteiger partial charge in [-0.2, -0.15) is 13.2 Å². The van der Waals surface area contributed by atoms with Crippen LogP contribution in [0.1, 0.15) is 30.4 Å². The van der Waals surface area contributed by atoms with E-state index in [0.717, 1.165) is 63.1 Å². The Bertz CT molecular complexity index is 870. The number of benzene rings is 2. The first-order valence-electron chi connectivity index (χ1n) is 10.4.